The lowest BCUT2D eigenvalue weighted by atomic mass is 9.68. The second kappa shape index (κ2) is 8.44. The third kappa shape index (κ3) is 3.74. The van der Waals surface area contributed by atoms with Crippen LogP contribution < -0.4 is 0 Å². The highest BCUT2D eigenvalue weighted by Gasteiger charge is 2.41. The number of fused-ring (bicyclic) bond motifs is 2. The summed E-state index contributed by atoms with van der Waals surface area (Å²) >= 11 is 0. The number of nitriles is 1. The van der Waals surface area contributed by atoms with Gasteiger partial charge in [-0.1, -0.05) is 13.8 Å². The number of aromatic nitrogens is 4. The Morgan fingerprint density at radius 3 is 2.69 bits per heavy atom. The highest BCUT2D eigenvalue weighted by molar-refractivity contribution is 5.94. The molecule has 3 heterocycles. The number of aliphatic carboxylic acids is 1. The van der Waals surface area contributed by atoms with E-state index >= 15 is 0 Å². The maximum atomic E-state index is 14.3. The van der Waals surface area contributed by atoms with Gasteiger partial charge in [0.1, 0.15) is 5.82 Å². The van der Waals surface area contributed by atoms with Crippen LogP contribution in [-0.2, 0) is 10.2 Å². The van der Waals surface area contributed by atoms with Crippen LogP contribution in [-0.4, -0.2) is 30.8 Å². The van der Waals surface area contributed by atoms with Gasteiger partial charge in [-0.2, -0.15) is 10.4 Å². The Hall–Kier alpha value is -3.73. The molecule has 1 saturated carbocycles. The van der Waals surface area contributed by atoms with Gasteiger partial charge < -0.3 is 9.67 Å². The molecule has 0 unspecified atom stereocenters. The second-order valence-electron chi connectivity index (χ2n) is 11.1. The molecule has 2 N–H and O–H groups in total. The summed E-state index contributed by atoms with van der Waals surface area (Å²) in [5.74, 6) is -0.945. The van der Waals surface area contributed by atoms with Crippen LogP contribution in [0, 0.1) is 29.5 Å². The smallest absolute Gasteiger partial charge is 0.309 e. The van der Waals surface area contributed by atoms with Gasteiger partial charge in [0.15, 0.2) is 5.65 Å². The Morgan fingerprint density at radius 1 is 1.33 bits per heavy atom. The normalized spacial score (nSPS) is 20.6. The lowest BCUT2D eigenvalue weighted by Gasteiger charge is -2.36. The number of pyridine rings is 1. The molecule has 1 aliphatic rings. The molecule has 0 bridgehead atoms. The number of nitrogens with one attached hydrogen (secondary N) is 1. The first-order valence-electron chi connectivity index (χ1n) is 12.3. The topological polar surface area (TPSA) is 108 Å². The fraction of sp³-hybridized carbons (Fsp3) is 0.429. The minimum absolute atomic E-state index is 0.0866. The number of hydrogen-bond donors (Lipinski definition) is 2. The van der Waals surface area contributed by atoms with Crippen molar-refractivity contribution >= 4 is 28.0 Å². The van der Waals surface area contributed by atoms with E-state index in [1.165, 1.54) is 6.07 Å². The van der Waals surface area contributed by atoms with Crippen LogP contribution in [0.3, 0.4) is 0 Å². The fourth-order valence-corrected chi connectivity index (χ4v) is 5.72. The Kier molecular flexibility index (Phi) is 5.62. The fourth-order valence-electron chi connectivity index (χ4n) is 5.72. The highest BCUT2D eigenvalue weighted by atomic mass is 19.1. The summed E-state index contributed by atoms with van der Waals surface area (Å²) in [6, 6.07) is 9.45. The van der Waals surface area contributed by atoms with Crippen molar-refractivity contribution in [3.8, 4) is 11.8 Å². The minimum atomic E-state index is -0.757. The summed E-state index contributed by atoms with van der Waals surface area (Å²) in [6.45, 7) is 7.67. The Bertz CT molecular complexity index is 1530. The van der Waals surface area contributed by atoms with Crippen LogP contribution in [0.2, 0.25) is 0 Å². The standard InChI is InChI=1S/C28H30FN5O2/c1-16-13-19(5-6-20(16)29)34-21-14-18-15-31-33-25(18)32-23(21)22(24(34)27(2,3)11-12-30)17-7-9-28(4,10-8-17)26(35)36/h5-6,13-15,17H,7-11H2,1-4H3,(H,35,36)(H,31,32,33)/t17-,28-. The minimum Gasteiger partial charge on any atom is -0.481 e. The molecule has 0 atom stereocenters. The van der Waals surface area contributed by atoms with Crippen molar-refractivity contribution in [3.63, 3.8) is 0 Å². The number of aromatic amines is 1. The van der Waals surface area contributed by atoms with Gasteiger partial charge in [-0.25, -0.2) is 9.37 Å². The van der Waals surface area contributed by atoms with Gasteiger partial charge in [-0.15, -0.1) is 0 Å². The highest BCUT2D eigenvalue weighted by Crippen LogP contribution is 2.49. The molecule has 0 radical (unpaired) electrons. The molecule has 0 amide bonds. The van der Waals surface area contributed by atoms with Crippen LogP contribution in [0.5, 0.6) is 0 Å². The van der Waals surface area contributed by atoms with E-state index in [1.807, 2.05) is 19.1 Å². The third-order valence-electron chi connectivity index (χ3n) is 7.96. The number of carbonyl (C=O) groups is 1. The second-order valence-corrected chi connectivity index (χ2v) is 11.1. The molecule has 5 rings (SSSR count). The van der Waals surface area contributed by atoms with Crippen molar-refractivity contribution in [2.75, 3.05) is 0 Å². The van der Waals surface area contributed by atoms with E-state index in [0.29, 0.717) is 36.9 Å². The summed E-state index contributed by atoms with van der Waals surface area (Å²) in [4.78, 5) is 16.9. The average Bonchev–Trinajstić information content (AvgIpc) is 3.42. The summed E-state index contributed by atoms with van der Waals surface area (Å²) in [7, 11) is 0. The van der Waals surface area contributed by atoms with E-state index in [0.717, 1.165) is 33.4 Å². The Labute approximate surface area is 209 Å². The van der Waals surface area contributed by atoms with Crippen LogP contribution in [0.25, 0.3) is 27.8 Å². The van der Waals surface area contributed by atoms with E-state index in [-0.39, 0.29) is 18.2 Å². The van der Waals surface area contributed by atoms with E-state index in [1.54, 1.807) is 19.2 Å². The van der Waals surface area contributed by atoms with Gasteiger partial charge in [-0.3, -0.25) is 9.89 Å². The molecule has 7 nitrogen and oxygen atoms in total. The molecule has 0 saturated heterocycles. The molecule has 4 aromatic rings. The number of carboxylic acid groups (broad SMARTS) is 1. The maximum Gasteiger partial charge on any atom is 0.309 e. The van der Waals surface area contributed by atoms with Crippen LogP contribution in [0.15, 0.2) is 30.5 Å². The number of nitrogens with zero attached hydrogens (tertiary/aromatic N) is 4. The quantitative estimate of drug-likeness (QED) is 0.344. The maximum absolute atomic E-state index is 14.3. The molecule has 186 valence electrons. The molecular weight excluding hydrogens is 457 g/mol. The van der Waals surface area contributed by atoms with E-state index in [9.17, 15) is 19.6 Å². The van der Waals surface area contributed by atoms with Gasteiger partial charge in [-0.05, 0) is 75.3 Å². The SMILES string of the molecule is Cc1cc(-n2c(C(C)(C)CC#N)c([C@H]3CC[C@](C)(C(=O)O)CC3)c3nc4[nH]ncc4cc32)ccc1F. The first kappa shape index (κ1) is 24.0. The zero-order valence-electron chi connectivity index (χ0n) is 21.0. The van der Waals surface area contributed by atoms with Crippen molar-refractivity contribution in [1.29, 1.82) is 5.26 Å². The van der Waals surface area contributed by atoms with Gasteiger partial charge >= 0.3 is 5.97 Å². The first-order chi connectivity index (χ1) is 17.1. The summed E-state index contributed by atoms with van der Waals surface area (Å²) in [5, 5.41) is 27.5. The molecule has 1 aromatic carbocycles. The zero-order valence-corrected chi connectivity index (χ0v) is 21.0. The number of hydrogen-bond acceptors (Lipinski definition) is 4. The lowest BCUT2D eigenvalue weighted by Crippen LogP contribution is -2.32. The van der Waals surface area contributed by atoms with Crippen molar-refractivity contribution in [2.24, 2.45) is 5.41 Å². The Morgan fingerprint density at radius 2 is 2.06 bits per heavy atom. The van der Waals surface area contributed by atoms with Gasteiger partial charge in [0.05, 0.1) is 28.7 Å². The van der Waals surface area contributed by atoms with E-state index in [2.05, 4.69) is 34.7 Å². The van der Waals surface area contributed by atoms with Gasteiger partial charge in [0, 0.05) is 34.2 Å². The van der Waals surface area contributed by atoms with Crippen molar-refractivity contribution in [2.45, 2.75) is 71.1 Å². The summed E-state index contributed by atoms with van der Waals surface area (Å²) in [6.07, 6.45) is 4.58. The Balaban J connectivity index is 1.83. The molecule has 0 aliphatic heterocycles. The van der Waals surface area contributed by atoms with Gasteiger partial charge in [0.2, 0.25) is 0 Å². The number of carboxylic acids is 1. The molecule has 0 spiro atoms. The largest absolute Gasteiger partial charge is 0.481 e. The molecule has 8 heteroatoms. The number of benzene rings is 1. The number of H-pyrrole nitrogens is 1. The van der Waals surface area contributed by atoms with Crippen LogP contribution in [0.4, 0.5) is 4.39 Å². The zero-order chi connectivity index (χ0) is 25.8. The average molecular weight is 488 g/mol. The number of rotatable bonds is 5. The monoisotopic (exact) mass is 487 g/mol. The van der Waals surface area contributed by atoms with Gasteiger partial charge in [0.25, 0.3) is 0 Å². The third-order valence-corrected chi connectivity index (χ3v) is 7.96. The van der Waals surface area contributed by atoms with Crippen LogP contribution >= 0.6 is 0 Å². The van der Waals surface area contributed by atoms with Crippen LogP contribution in [0.1, 0.15) is 75.6 Å². The number of aryl methyl sites for hydroxylation is 1. The first-order valence-corrected chi connectivity index (χ1v) is 12.3. The van der Waals surface area contributed by atoms with Crippen molar-refractivity contribution in [1.82, 2.24) is 19.7 Å². The number of halogens is 1. The summed E-state index contributed by atoms with van der Waals surface area (Å²) < 4.78 is 16.4. The van der Waals surface area contributed by atoms with E-state index in [4.69, 9.17) is 4.98 Å². The van der Waals surface area contributed by atoms with Crippen molar-refractivity contribution in [3.05, 3.63) is 53.1 Å². The summed E-state index contributed by atoms with van der Waals surface area (Å²) in [5.41, 5.74) is 4.46. The molecule has 1 fully saturated rings. The molecular formula is C28H30FN5O2. The molecule has 3 aromatic heterocycles. The lowest BCUT2D eigenvalue weighted by molar-refractivity contribution is -0.149. The predicted molar refractivity (Wildman–Crippen MR) is 136 cm³/mol. The molecule has 36 heavy (non-hydrogen) atoms. The molecule has 1 aliphatic carbocycles. The van der Waals surface area contributed by atoms with E-state index < -0.39 is 16.8 Å². The van der Waals surface area contributed by atoms with Crippen molar-refractivity contribution < 1.29 is 14.3 Å². The predicted octanol–water partition coefficient (Wildman–Crippen LogP) is 6.29.